The van der Waals surface area contributed by atoms with Gasteiger partial charge in [0.2, 0.25) is 5.78 Å². The van der Waals surface area contributed by atoms with Crippen molar-refractivity contribution in [3.8, 4) is 0 Å². The number of carbonyl (C=O) groups excluding carboxylic acids is 1. The zero-order valence-electron chi connectivity index (χ0n) is 8.54. The number of carbonyl (C=O) groups is 1. The summed E-state index contributed by atoms with van der Waals surface area (Å²) in [5, 5.41) is 9.32. The Morgan fingerprint density at radius 2 is 2.25 bits per heavy atom. The normalized spacial score (nSPS) is 12.9. The molecule has 1 N–H and O–H groups in total. The van der Waals surface area contributed by atoms with Gasteiger partial charge in [-0.3, -0.25) is 9.48 Å². The van der Waals surface area contributed by atoms with E-state index >= 15 is 0 Å². The predicted octanol–water partition coefficient (Wildman–Crippen LogP) is 2.03. The largest absolute Gasteiger partial charge is 0.507 e. The smallest absolute Gasteiger partial charge is 0.384 e. The van der Waals surface area contributed by atoms with Crippen LogP contribution in [0.3, 0.4) is 0 Å². The van der Waals surface area contributed by atoms with E-state index in [2.05, 4.69) is 16.7 Å². The second kappa shape index (κ2) is 4.21. The van der Waals surface area contributed by atoms with Gasteiger partial charge >= 0.3 is 5.38 Å². The molecular formula is C9H9ClF2N2O2. The second-order valence-electron chi connectivity index (χ2n) is 3.19. The Kier molecular flexibility index (Phi) is 3.32. The van der Waals surface area contributed by atoms with Crippen molar-refractivity contribution in [2.24, 2.45) is 7.05 Å². The standard InChI is InChI=1S/C9H9ClF2N2O2/c1-5-6(4-14(2)13-5)7(15)3-8(16)9(10,11)12/h3-4,15H,1-2H3. The Morgan fingerprint density at radius 1 is 1.69 bits per heavy atom. The molecule has 1 heterocycles. The summed E-state index contributed by atoms with van der Waals surface area (Å²) in [6, 6.07) is 0. The van der Waals surface area contributed by atoms with Crippen molar-refractivity contribution in [1.82, 2.24) is 9.78 Å². The molecule has 4 nitrogen and oxygen atoms in total. The molecule has 0 spiro atoms. The lowest BCUT2D eigenvalue weighted by atomic mass is 10.2. The van der Waals surface area contributed by atoms with Crippen LogP contribution in [0.1, 0.15) is 11.3 Å². The molecule has 88 valence electrons. The van der Waals surface area contributed by atoms with Crippen LogP contribution in [-0.2, 0) is 11.8 Å². The average Bonchev–Trinajstić information content (AvgIpc) is 2.43. The minimum atomic E-state index is -4.01. The zero-order chi connectivity index (χ0) is 12.5. The van der Waals surface area contributed by atoms with Gasteiger partial charge in [0, 0.05) is 19.3 Å². The Balaban J connectivity index is 3.03. The van der Waals surface area contributed by atoms with Crippen molar-refractivity contribution in [1.29, 1.82) is 0 Å². The zero-order valence-corrected chi connectivity index (χ0v) is 9.29. The lowest BCUT2D eigenvalue weighted by Crippen LogP contribution is -2.19. The number of nitrogens with zero attached hydrogens (tertiary/aromatic N) is 2. The van der Waals surface area contributed by atoms with Gasteiger partial charge in [0.05, 0.1) is 11.3 Å². The molecule has 0 aliphatic heterocycles. The van der Waals surface area contributed by atoms with Crippen LogP contribution >= 0.6 is 11.6 Å². The minimum absolute atomic E-state index is 0.205. The molecule has 0 aliphatic carbocycles. The Labute approximate surface area is 95.1 Å². The molecule has 1 aromatic heterocycles. The third-order valence-electron chi connectivity index (χ3n) is 1.84. The van der Waals surface area contributed by atoms with Gasteiger partial charge in [-0.1, -0.05) is 0 Å². The molecule has 0 radical (unpaired) electrons. The van der Waals surface area contributed by atoms with Crippen LogP contribution in [-0.4, -0.2) is 26.1 Å². The summed E-state index contributed by atoms with van der Waals surface area (Å²) < 4.78 is 26.1. The van der Waals surface area contributed by atoms with E-state index in [1.165, 1.54) is 10.9 Å². The number of allylic oxidation sites excluding steroid dienone is 1. The molecule has 0 fully saturated rings. The van der Waals surface area contributed by atoms with E-state index < -0.39 is 16.9 Å². The van der Waals surface area contributed by atoms with Gasteiger partial charge in [-0.15, -0.1) is 0 Å². The summed E-state index contributed by atoms with van der Waals surface area (Å²) in [4.78, 5) is 10.8. The third-order valence-corrected chi connectivity index (χ3v) is 2.02. The number of halogens is 3. The highest BCUT2D eigenvalue weighted by Gasteiger charge is 2.34. The van der Waals surface area contributed by atoms with E-state index in [0.717, 1.165) is 0 Å². The van der Waals surface area contributed by atoms with Gasteiger partial charge in [0.15, 0.2) is 0 Å². The highest BCUT2D eigenvalue weighted by molar-refractivity contribution is 6.34. The van der Waals surface area contributed by atoms with Gasteiger partial charge < -0.3 is 5.11 Å². The Morgan fingerprint density at radius 3 is 2.62 bits per heavy atom. The van der Waals surface area contributed by atoms with Crippen LogP contribution in [0.15, 0.2) is 12.3 Å². The summed E-state index contributed by atoms with van der Waals surface area (Å²) in [7, 11) is 1.60. The number of rotatable bonds is 3. The summed E-state index contributed by atoms with van der Waals surface area (Å²) in [5.41, 5.74) is 0.624. The number of aliphatic hydroxyl groups excluding tert-OH is 1. The molecule has 0 aromatic carbocycles. The predicted molar refractivity (Wildman–Crippen MR) is 54.4 cm³/mol. The number of alkyl halides is 3. The Bertz CT molecular complexity index is 449. The molecule has 7 heteroatoms. The molecule has 1 rings (SSSR count). The van der Waals surface area contributed by atoms with E-state index in [1.807, 2.05) is 0 Å². The minimum Gasteiger partial charge on any atom is -0.507 e. The van der Waals surface area contributed by atoms with Gasteiger partial charge in [0.25, 0.3) is 0 Å². The fraction of sp³-hybridized carbons (Fsp3) is 0.333. The molecule has 0 saturated heterocycles. The third kappa shape index (κ3) is 2.79. The van der Waals surface area contributed by atoms with E-state index in [1.54, 1.807) is 14.0 Å². The highest BCUT2D eigenvalue weighted by Crippen LogP contribution is 2.23. The van der Waals surface area contributed by atoms with Crippen molar-refractivity contribution < 1.29 is 18.7 Å². The summed E-state index contributed by atoms with van der Waals surface area (Å²) in [5.74, 6) is -2.26. The number of ketones is 1. The van der Waals surface area contributed by atoms with Gasteiger partial charge in [0.1, 0.15) is 5.76 Å². The number of aromatic nitrogens is 2. The average molecular weight is 251 g/mol. The van der Waals surface area contributed by atoms with Crippen molar-refractivity contribution in [2.75, 3.05) is 0 Å². The Hall–Kier alpha value is -1.43. The van der Waals surface area contributed by atoms with Gasteiger partial charge in [-0.05, 0) is 18.5 Å². The second-order valence-corrected chi connectivity index (χ2v) is 3.67. The lowest BCUT2D eigenvalue weighted by molar-refractivity contribution is -0.128. The van der Waals surface area contributed by atoms with Crippen molar-refractivity contribution in [3.05, 3.63) is 23.5 Å². The van der Waals surface area contributed by atoms with Crippen LogP contribution in [0.25, 0.3) is 5.76 Å². The summed E-state index contributed by atoms with van der Waals surface area (Å²) in [6.07, 6.45) is 1.79. The maximum absolute atomic E-state index is 12.3. The molecular weight excluding hydrogens is 242 g/mol. The lowest BCUT2D eigenvalue weighted by Gasteiger charge is -2.02. The summed E-state index contributed by atoms with van der Waals surface area (Å²) in [6.45, 7) is 1.57. The highest BCUT2D eigenvalue weighted by atomic mass is 35.5. The van der Waals surface area contributed by atoms with Crippen LogP contribution in [0.4, 0.5) is 8.78 Å². The molecule has 1 aromatic rings. The first-order chi connectivity index (χ1) is 7.21. The van der Waals surface area contributed by atoms with Gasteiger partial charge in [-0.25, -0.2) is 0 Å². The molecule has 0 aliphatic rings. The molecule has 0 atom stereocenters. The summed E-state index contributed by atoms with van der Waals surface area (Å²) >= 11 is 4.50. The van der Waals surface area contributed by atoms with E-state index in [0.29, 0.717) is 11.8 Å². The maximum Gasteiger partial charge on any atom is 0.384 e. The van der Waals surface area contributed by atoms with Crippen molar-refractivity contribution in [3.63, 3.8) is 0 Å². The molecule has 0 saturated carbocycles. The van der Waals surface area contributed by atoms with Crippen LogP contribution in [0.2, 0.25) is 0 Å². The maximum atomic E-state index is 12.3. The molecule has 0 unspecified atom stereocenters. The quantitative estimate of drug-likeness (QED) is 0.507. The van der Waals surface area contributed by atoms with E-state index in [9.17, 15) is 18.7 Å². The first kappa shape index (κ1) is 12.6. The first-order valence-electron chi connectivity index (χ1n) is 4.24. The number of hydrogen-bond acceptors (Lipinski definition) is 3. The van der Waals surface area contributed by atoms with Crippen molar-refractivity contribution in [2.45, 2.75) is 12.3 Å². The fourth-order valence-corrected chi connectivity index (χ4v) is 1.19. The van der Waals surface area contributed by atoms with E-state index in [4.69, 9.17) is 0 Å². The molecule has 16 heavy (non-hydrogen) atoms. The van der Waals surface area contributed by atoms with Crippen LogP contribution in [0, 0.1) is 6.92 Å². The van der Waals surface area contributed by atoms with Gasteiger partial charge in [-0.2, -0.15) is 13.9 Å². The molecule has 0 amide bonds. The SMILES string of the molecule is Cc1nn(C)cc1C(O)=CC(=O)C(F)(F)Cl. The van der Waals surface area contributed by atoms with E-state index in [-0.39, 0.29) is 5.56 Å². The van der Waals surface area contributed by atoms with Crippen LogP contribution in [0.5, 0.6) is 0 Å². The first-order valence-corrected chi connectivity index (χ1v) is 4.62. The topological polar surface area (TPSA) is 55.1 Å². The molecule has 0 bridgehead atoms. The number of hydrogen-bond donors (Lipinski definition) is 1. The van der Waals surface area contributed by atoms with Crippen LogP contribution < -0.4 is 0 Å². The monoisotopic (exact) mass is 250 g/mol. The fourth-order valence-electron chi connectivity index (χ4n) is 1.13. The number of aliphatic hydroxyl groups is 1. The number of aryl methyl sites for hydroxylation is 2. The van der Waals surface area contributed by atoms with Crippen molar-refractivity contribution >= 4 is 23.1 Å².